The molecule has 0 aliphatic rings. The molecule has 19 heavy (non-hydrogen) atoms. The van der Waals surface area contributed by atoms with Crippen molar-refractivity contribution in [2.75, 3.05) is 0 Å². The molecule has 2 aromatic rings. The maximum atomic E-state index is 13.5. The molecule has 0 saturated heterocycles. The van der Waals surface area contributed by atoms with E-state index in [2.05, 4.69) is 10.5 Å². The minimum atomic E-state index is -0.372. The van der Waals surface area contributed by atoms with Crippen LogP contribution >= 0.6 is 0 Å². The van der Waals surface area contributed by atoms with E-state index in [0.29, 0.717) is 17.0 Å². The predicted molar refractivity (Wildman–Crippen MR) is 68.6 cm³/mol. The van der Waals surface area contributed by atoms with Crippen LogP contribution in [-0.2, 0) is 11.3 Å². The number of carbonyl (C=O) groups is 1. The molecule has 0 saturated carbocycles. The molecule has 0 radical (unpaired) electrons. The van der Waals surface area contributed by atoms with Gasteiger partial charge in [0.2, 0.25) is 5.91 Å². The lowest BCUT2D eigenvalue weighted by Gasteiger charge is -1.97. The summed E-state index contributed by atoms with van der Waals surface area (Å²) in [4.78, 5) is 11.2. The number of hydrogen-bond donors (Lipinski definition) is 1. The second-order valence-corrected chi connectivity index (χ2v) is 3.88. The highest BCUT2D eigenvalue weighted by atomic mass is 19.1. The van der Waals surface area contributed by atoms with Gasteiger partial charge in [0.05, 0.1) is 12.1 Å². The lowest BCUT2D eigenvalue weighted by Crippen LogP contribution is -2.20. The zero-order valence-corrected chi connectivity index (χ0v) is 10.4. The average molecular weight is 260 g/mol. The van der Waals surface area contributed by atoms with Gasteiger partial charge in [0.15, 0.2) is 5.76 Å². The number of nitrogens with one attached hydrogen (secondary N) is 1. The fraction of sp³-hybridized carbons (Fsp3) is 0.143. The first-order valence-electron chi connectivity index (χ1n) is 5.81. The van der Waals surface area contributed by atoms with E-state index in [1.54, 1.807) is 37.3 Å². The van der Waals surface area contributed by atoms with Gasteiger partial charge in [-0.25, -0.2) is 4.39 Å². The molecule has 1 aromatic carbocycles. The van der Waals surface area contributed by atoms with Crippen LogP contribution in [0.4, 0.5) is 4.39 Å². The fourth-order valence-corrected chi connectivity index (χ4v) is 1.57. The first-order valence-corrected chi connectivity index (χ1v) is 5.81. The van der Waals surface area contributed by atoms with Crippen molar-refractivity contribution in [1.29, 1.82) is 0 Å². The molecule has 0 aliphatic carbocycles. The molecule has 1 heterocycles. The van der Waals surface area contributed by atoms with Crippen molar-refractivity contribution in [3.05, 3.63) is 54.0 Å². The van der Waals surface area contributed by atoms with Crippen molar-refractivity contribution >= 4 is 5.91 Å². The van der Waals surface area contributed by atoms with Gasteiger partial charge >= 0.3 is 0 Å². The molecule has 1 N–H and O–H groups in total. The SMILES string of the molecule is C/C=C\C(=O)NCc1cc(-c2ccccc2F)on1. The Morgan fingerprint density at radius 3 is 3.00 bits per heavy atom. The lowest BCUT2D eigenvalue weighted by atomic mass is 10.1. The Hall–Kier alpha value is -2.43. The maximum Gasteiger partial charge on any atom is 0.243 e. The third-order valence-electron chi connectivity index (χ3n) is 2.46. The molecule has 1 aromatic heterocycles. The molecule has 98 valence electrons. The summed E-state index contributed by atoms with van der Waals surface area (Å²) in [5.41, 5.74) is 0.886. The normalized spacial score (nSPS) is 10.8. The molecule has 0 unspecified atom stereocenters. The average Bonchev–Trinajstić information content (AvgIpc) is 2.86. The van der Waals surface area contributed by atoms with E-state index in [-0.39, 0.29) is 18.3 Å². The summed E-state index contributed by atoms with van der Waals surface area (Å²) in [6.07, 6.45) is 3.06. The number of rotatable bonds is 4. The number of halogens is 1. The molecule has 2 rings (SSSR count). The molecular formula is C14H13FN2O2. The van der Waals surface area contributed by atoms with Crippen molar-refractivity contribution in [2.45, 2.75) is 13.5 Å². The van der Waals surface area contributed by atoms with Crippen LogP contribution in [0.1, 0.15) is 12.6 Å². The zero-order chi connectivity index (χ0) is 13.7. The molecule has 0 spiro atoms. The maximum absolute atomic E-state index is 13.5. The number of benzene rings is 1. The number of carbonyl (C=O) groups excluding carboxylic acids is 1. The number of aromatic nitrogens is 1. The van der Waals surface area contributed by atoms with Crippen LogP contribution in [0.5, 0.6) is 0 Å². The van der Waals surface area contributed by atoms with Gasteiger partial charge < -0.3 is 9.84 Å². The van der Waals surface area contributed by atoms with E-state index in [1.807, 2.05) is 0 Å². The van der Waals surface area contributed by atoms with Gasteiger partial charge in [-0.2, -0.15) is 0 Å². The van der Waals surface area contributed by atoms with Gasteiger partial charge in [0, 0.05) is 6.07 Å². The number of nitrogens with zero attached hydrogens (tertiary/aromatic N) is 1. The van der Waals surface area contributed by atoms with E-state index in [4.69, 9.17) is 4.52 Å². The smallest absolute Gasteiger partial charge is 0.243 e. The molecule has 4 nitrogen and oxygen atoms in total. The van der Waals surface area contributed by atoms with E-state index in [9.17, 15) is 9.18 Å². The van der Waals surface area contributed by atoms with Gasteiger partial charge in [0.25, 0.3) is 0 Å². The minimum absolute atomic E-state index is 0.210. The second-order valence-electron chi connectivity index (χ2n) is 3.88. The van der Waals surface area contributed by atoms with Crippen molar-refractivity contribution in [3.8, 4) is 11.3 Å². The van der Waals surface area contributed by atoms with Crippen molar-refractivity contribution in [2.24, 2.45) is 0 Å². The minimum Gasteiger partial charge on any atom is -0.356 e. The molecule has 5 heteroatoms. The van der Waals surface area contributed by atoms with Gasteiger partial charge in [-0.15, -0.1) is 0 Å². The molecule has 0 atom stereocenters. The Kier molecular flexibility index (Phi) is 4.07. The van der Waals surface area contributed by atoms with Crippen LogP contribution in [0.25, 0.3) is 11.3 Å². The summed E-state index contributed by atoms with van der Waals surface area (Å²) in [5, 5.41) is 6.42. The molecule has 0 aliphatic heterocycles. The number of allylic oxidation sites excluding steroid dienone is 1. The van der Waals surface area contributed by atoms with Gasteiger partial charge in [-0.1, -0.05) is 23.4 Å². The van der Waals surface area contributed by atoms with Crippen molar-refractivity contribution in [1.82, 2.24) is 10.5 Å². The molecule has 0 bridgehead atoms. The summed E-state index contributed by atoms with van der Waals surface area (Å²) in [6.45, 7) is 1.99. The Labute approximate surface area is 109 Å². The van der Waals surface area contributed by atoms with E-state index in [0.717, 1.165) is 0 Å². The Balaban J connectivity index is 2.08. The topological polar surface area (TPSA) is 55.1 Å². The molecule has 0 fully saturated rings. The second kappa shape index (κ2) is 5.95. The Morgan fingerprint density at radius 2 is 2.26 bits per heavy atom. The molecule has 1 amide bonds. The summed E-state index contributed by atoms with van der Waals surface area (Å²) in [7, 11) is 0. The third-order valence-corrected chi connectivity index (χ3v) is 2.46. The largest absolute Gasteiger partial charge is 0.356 e. The van der Waals surface area contributed by atoms with Gasteiger partial charge in [-0.3, -0.25) is 4.79 Å². The summed E-state index contributed by atoms with van der Waals surface area (Å²) in [6, 6.07) is 7.89. The van der Waals surface area contributed by atoms with Gasteiger partial charge in [0.1, 0.15) is 11.5 Å². The zero-order valence-electron chi connectivity index (χ0n) is 10.4. The van der Waals surface area contributed by atoms with Crippen LogP contribution in [0.3, 0.4) is 0 Å². The number of amides is 1. The van der Waals surface area contributed by atoms with Crippen LogP contribution in [0.2, 0.25) is 0 Å². The first kappa shape index (κ1) is 13.0. The quantitative estimate of drug-likeness (QED) is 0.860. The highest BCUT2D eigenvalue weighted by Gasteiger charge is 2.10. The third kappa shape index (κ3) is 3.28. The predicted octanol–water partition coefficient (Wildman–Crippen LogP) is 2.67. The van der Waals surface area contributed by atoms with Crippen LogP contribution < -0.4 is 5.32 Å². The van der Waals surface area contributed by atoms with E-state index < -0.39 is 0 Å². The lowest BCUT2D eigenvalue weighted by molar-refractivity contribution is -0.116. The van der Waals surface area contributed by atoms with Crippen molar-refractivity contribution < 1.29 is 13.7 Å². The van der Waals surface area contributed by atoms with E-state index >= 15 is 0 Å². The Morgan fingerprint density at radius 1 is 1.47 bits per heavy atom. The van der Waals surface area contributed by atoms with Crippen LogP contribution in [0, 0.1) is 5.82 Å². The van der Waals surface area contributed by atoms with Crippen molar-refractivity contribution in [3.63, 3.8) is 0 Å². The highest BCUT2D eigenvalue weighted by Crippen LogP contribution is 2.22. The standard InChI is InChI=1S/C14H13FN2O2/c1-2-5-14(18)16-9-10-8-13(19-17-10)11-6-3-4-7-12(11)15/h2-8H,9H2,1H3,(H,16,18)/b5-2-. The summed E-state index contributed by atoms with van der Waals surface area (Å²) in [5.74, 6) is -0.241. The van der Waals surface area contributed by atoms with E-state index in [1.165, 1.54) is 12.1 Å². The summed E-state index contributed by atoms with van der Waals surface area (Å²) < 4.78 is 18.6. The Bertz CT molecular complexity index is 605. The van der Waals surface area contributed by atoms with Crippen LogP contribution in [-0.4, -0.2) is 11.1 Å². The monoisotopic (exact) mass is 260 g/mol. The fourth-order valence-electron chi connectivity index (χ4n) is 1.57. The van der Waals surface area contributed by atoms with Gasteiger partial charge in [-0.05, 0) is 25.1 Å². The molecular weight excluding hydrogens is 247 g/mol. The first-order chi connectivity index (χ1) is 9.20. The summed E-state index contributed by atoms with van der Waals surface area (Å²) >= 11 is 0. The highest BCUT2D eigenvalue weighted by molar-refractivity contribution is 5.87. The number of hydrogen-bond acceptors (Lipinski definition) is 3. The van der Waals surface area contributed by atoms with Crippen LogP contribution in [0.15, 0.2) is 47.0 Å².